The summed E-state index contributed by atoms with van der Waals surface area (Å²) in [5.41, 5.74) is 7.60. The smallest absolute Gasteiger partial charge is 0.0959 e. The molecule has 0 spiro atoms. The van der Waals surface area contributed by atoms with Crippen LogP contribution in [0.25, 0.3) is 0 Å². The predicted octanol–water partition coefficient (Wildman–Crippen LogP) is 0.0147. The predicted molar refractivity (Wildman–Crippen MR) is 86.0 cm³/mol. The van der Waals surface area contributed by atoms with E-state index < -0.39 is 0 Å². The number of nitrogens with zero attached hydrogens (tertiary/aromatic N) is 1. The monoisotopic (exact) mass is 329 g/mol. The van der Waals surface area contributed by atoms with Crippen molar-refractivity contribution in [1.29, 1.82) is 0 Å². The zero-order chi connectivity index (χ0) is 12.0. The van der Waals surface area contributed by atoms with Crippen molar-refractivity contribution >= 4 is 36.2 Å². The maximum atomic E-state index is 5.64. The summed E-state index contributed by atoms with van der Waals surface area (Å²) in [5.74, 6) is 0. The first-order chi connectivity index (χ1) is 7.59. The first-order valence-electron chi connectivity index (χ1n) is 6.02. The molecule has 0 radical (unpaired) electrons. The fraction of sp³-hybridized carbons (Fsp3) is 0.538. The molecule has 0 bridgehead atoms. The van der Waals surface area contributed by atoms with Crippen molar-refractivity contribution in [1.82, 2.24) is 0 Å². The van der Waals surface area contributed by atoms with Gasteiger partial charge in [0, 0.05) is 11.4 Å². The lowest BCUT2D eigenvalue weighted by molar-refractivity contribution is -0.904. The van der Waals surface area contributed by atoms with Crippen LogP contribution in [-0.4, -0.2) is 37.7 Å². The number of benzene rings is 1. The molecule has 0 aliphatic rings. The second-order valence-corrected chi connectivity index (χ2v) is 4.52. The number of nitrogens with two attached hydrogens (primary N) is 1. The van der Waals surface area contributed by atoms with Gasteiger partial charge in [-0.15, -0.1) is 24.8 Å². The topological polar surface area (TPSA) is 38.0 Å². The van der Waals surface area contributed by atoms with E-state index in [9.17, 15) is 0 Å². The van der Waals surface area contributed by atoms with E-state index in [0.29, 0.717) is 0 Å². The summed E-state index contributed by atoms with van der Waals surface area (Å²) < 4.78 is 1.11. The molecule has 0 amide bonds. The Kier molecular flexibility index (Phi) is 14.3. The van der Waals surface area contributed by atoms with Crippen LogP contribution in [0.5, 0.6) is 0 Å². The Hall–Kier alpha value is -0.350. The average molecular weight is 331 g/mol. The number of hydrogen-bond acceptors (Lipinski definition) is 2. The van der Waals surface area contributed by atoms with Gasteiger partial charge in [-0.3, -0.25) is 0 Å². The fourth-order valence-electron chi connectivity index (χ4n) is 1.61. The Labute approximate surface area is 135 Å². The standard InChI is InChI=1S/C13H24N3.3ClH/c1-4-16(3,5-2)11-10-15-13-8-6-12(14)7-9-13;;;/h6-9,15H,4-5,10-11,14H2,1-3H3;3*1H/q+1;;;/p-1. The lowest BCUT2D eigenvalue weighted by atomic mass is 10.3. The molecule has 19 heavy (non-hydrogen) atoms. The van der Waals surface area contributed by atoms with Gasteiger partial charge >= 0.3 is 0 Å². The molecule has 3 N–H and O–H groups in total. The van der Waals surface area contributed by atoms with Gasteiger partial charge < -0.3 is 27.9 Å². The summed E-state index contributed by atoms with van der Waals surface area (Å²) in [4.78, 5) is 0. The van der Waals surface area contributed by atoms with Gasteiger partial charge in [0.1, 0.15) is 0 Å². The van der Waals surface area contributed by atoms with Gasteiger partial charge in [-0.05, 0) is 38.1 Å². The minimum absolute atomic E-state index is 0. The van der Waals surface area contributed by atoms with Crippen molar-refractivity contribution in [3.05, 3.63) is 24.3 Å². The Morgan fingerprint density at radius 3 is 1.95 bits per heavy atom. The van der Waals surface area contributed by atoms with Crippen LogP contribution >= 0.6 is 24.8 Å². The highest BCUT2D eigenvalue weighted by Crippen LogP contribution is 2.10. The molecule has 0 unspecified atom stereocenters. The number of nitrogen functional groups attached to an aromatic ring is 1. The molecule has 0 saturated heterocycles. The van der Waals surface area contributed by atoms with Crippen LogP contribution < -0.4 is 23.5 Å². The normalized spacial score (nSPS) is 9.63. The lowest BCUT2D eigenvalue weighted by Crippen LogP contribution is -3.00. The molecule has 0 fully saturated rings. The van der Waals surface area contributed by atoms with E-state index in [0.717, 1.165) is 28.9 Å². The molecule has 0 saturated carbocycles. The SMILES string of the molecule is CC[N+](C)(CC)CCNc1ccc(N)cc1.Cl.Cl.[Cl-]. The quantitative estimate of drug-likeness (QED) is 0.570. The molecule has 1 aromatic rings. The molecule has 1 rings (SSSR count). The van der Waals surface area contributed by atoms with Gasteiger partial charge in [-0.25, -0.2) is 0 Å². The summed E-state index contributed by atoms with van der Waals surface area (Å²) in [6.07, 6.45) is 0. The van der Waals surface area contributed by atoms with Crippen LogP contribution in [0.2, 0.25) is 0 Å². The lowest BCUT2D eigenvalue weighted by Gasteiger charge is -2.32. The van der Waals surface area contributed by atoms with Crippen LogP contribution in [0.15, 0.2) is 24.3 Å². The van der Waals surface area contributed by atoms with Crippen molar-refractivity contribution in [2.75, 3.05) is 44.3 Å². The number of hydrogen-bond donors (Lipinski definition) is 2. The summed E-state index contributed by atoms with van der Waals surface area (Å²) in [6, 6.07) is 7.90. The molecule has 0 aromatic heterocycles. The third-order valence-electron chi connectivity index (χ3n) is 3.42. The van der Waals surface area contributed by atoms with E-state index in [4.69, 9.17) is 5.73 Å². The Morgan fingerprint density at radius 1 is 1.05 bits per heavy atom. The second-order valence-electron chi connectivity index (χ2n) is 4.52. The minimum atomic E-state index is 0. The minimum Gasteiger partial charge on any atom is -1.00 e. The molecule has 6 heteroatoms. The molecule has 3 nitrogen and oxygen atoms in total. The number of quaternary nitrogens is 1. The number of likely N-dealkylation sites (N-methyl/N-ethyl adjacent to an activating group) is 1. The maximum Gasteiger partial charge on any atom is 0.0959 e. The molecule has 0 aliphatic carbocycles. The van der Waals surface area contributed by atoms with Crippen LogP contribution in [0.3, 0.4) is 0 Å². The van der Waals surface area contributed by atoms with Gasteiger partial charge in [0.25, 0.3) is 0 Å². The number of nitrogens with one attached hydrogen (secondary N) is 1. The third-order valence-corrected chi connectivity index (χ3v) is 3.42. The van der Waals surface area contributed by atoms with E-state index >= 15 is 0 Å². The Bertz CT molecular complexity index is 313. The maximum absolute atomic E-state index is 5.64. The Balaban J connectivity index is -0.000000853. The highest BCUT2D eigenvalue weighted by Gasteiger charge is 2.14. The first kappa shape index (κ1) is 23.7. The van der Waals surface area contributed by atoms with E-state index in [1.165, 1.54) is 13.1 Å². The van der Waals surface area contributed by atoms with Gasteiger partial charge in [0.15, 0.2) is 0 Å². The van der Waals surface area contributed by atoms with Gasteiger partial charge in [-0.2, -0.15) is 0 Å². The molecule has 0 atom stereocenters. The molecular formula is C13H26Cl3N3. The van der Waals surface area contributed by atoms with Gasteiger partial charge in [0.2, 0.25) is 0 Å². The van der Waals surface area contributed by atoms with E-state index in [1.54, 1.807) is 0 Å². The fourth-order valence-corrected chi connectivity index (χ4v) is 1.61. The van der Waals surface area contributed by atoms with Crippen molar-refractivity contribution < 1.29 is 16.9 Å². The van der Waals surface area contributed by atoms with Gasteiger partial charge in [0.05, 0.1) is 33.2 Å². The van der Waals surface area contributed by atoms with Crippen molar-refractivity contribution in [3.63, 3.8) is 0 Å². The van der Waals surface area contributed by atoms with Crippen LogP contribution in [0.4, 0.5) is 11.4 Å². The van der Waals surface area contributed by atoms with Crippen molar-refractivity contribution in [3.8, 4) is 0 Å². The van der Waals surface area contributed by atoms with Crippen LogP contribution in [-0.2, 0) is 0 Å². The third kappa shape index (κ3) is 8.43. The van der Waals surface area contributed by atoms with E-state index in [1.807, 2.05) is 24.3 Å². The zero-order valence-electron chi connectivity index (χ0n) is 11.9. The second kappa shape index (κ2) is 11.5. The summed E-state index contributed by atoms with van der Waals surface area (Å²) in [7, 11) is 2.30. The largest absolute Gasteiger partial charge is 1.00 e. The summed E-state index contributed by atoms with van der Waals surface area (Å²) >= 11 is 0. The summed E-state index contributed by atoms with van der Waals surface area (Å²) in [6.45, 7) is 9.00. The van der Waals surface area contributed by atoms with E-state index in [-0.39, 0.29) is 37.2 Å². The van der Waals surface area contributed by atoms with Crippen LogP contribution in [0, 0.1) is 0 Å². The molecule has 114 valence electrons. The van der Waals surface area contributed by atoms with Gasteiger partial charge in [-0.1, -0.05) is 0 Å². The van der Waals surface area contributed by atoms with E-state index in [2.05, 4.69) is 26.2 Å². The number of rotatable bonds is 6. The Morgan fingerprint density at radius 2 is 1.53 bits per heavy atom. The van der Waals surface area contributed by atoms with Crippen LogP contribution in [0.1, 0.15) is 13.8 Å². The number of halogens is 3. The molecule has 1 aromatic carbocycles. The zero-order valence-corrected chi connectivity index (χ0v) is 14.2. The highest BCUT2D eigenvalue weighted by atomic mass is 35.5. The number of anilines is 2. The molecule has 0 aliphatic heterocycles. The van der Waals surface area contributed by atoms with Crippen molar-refractivity contribution in [2.24, 2.45) is 0 Å². The van der Waals surface area contributed by atoms with Crippen molar-refractivity contribution in [2.45, 2.75) is 13.8 Å². The average Bonchev–Trinajstić information content (AvgIpc) is 2.31. The molecule has 0 heterocycles. The summed E-state index contributed by atoms with van der Waals surface area (Å²) in [5, 5.41) is 3.42. The molecular weight excluding hydrogens is 305 g/mol. The first-order valence-corrected chi connectivity index (χ1v) is 6.02. The highest BCUT2D eigenvalue weighted by molar-refractivity contribution is 5.85.